The number of nitrogens with zero attached hydrogens (tertiary/aromatic N) is 3. The van der Waals surface area contributed by atoms with Gasteiger partial charge in [0.15, 0.2) is 4.98 Å². The number of benzene rings is 1. The molecule has 0 aliphatic carbocycles. The topological polar surface area (TPSA) is 225 Å². The third kappa shape index (κ3) is 24.3. The first kappa shape index (κ1) is 48.4. The number of hydrogen-bond acceptors (Lipinski definition) is 9. The molecule has 18 heteroatoms. The van der Waals surface area contributed by atoms with Gasteiger partial charge in [-0.1, -0.05) is 76.2 Å². The van der Waals surface area contributed by atoms with Crippen LogP contribution in [0.15, 0.2) is 48.6 Å². The molecule has 0 unspecified atom stereocenters. The van der Waals surface area contributed by atoms with Crippen LogP contribution in [-0.2, 0) is 19.2 Å². The number of aliphatic hydroxyl groups excluding tert-OH is 1. The van der Waals surface area contributed by atoms with Gasteiger partial charge in [0.25, 0.3) is 0 Å². The normalized spacial score (nSPS) is 12.9. The lowest BCUT2D eigenvalue weighted by Gasteiger charge is -2.25. The Morgan fingerprint density at radius 3 is 2.08 bits per heavy atom. The highest BCUT2D eigenvalue weighted by Gasteiger charge is 2.29. The third-order valence-electron chi connectivity index (χ3n) is 7.41. The molecule has 296 valence electrons. The maximum Gasteiger partial charge on any atom is 0.430 e. The van der Waals surface area contributed by atoms with Gasteiger partial charge in [-0.3, -0.25) is 19.3 Å². The van der Waals surface area contributed by atoms with E-state index in [1.54, 1.807) is 18.2 Å². The van der Waals surface area contributed by atoms with Crippen LogP contribution in [0.3, 0.4) is 0 Å². The van der Waals surface area contributed by atoms with Gasteiger partial charge in [-0.15, -0.1) is 11.8 Å². The zero-order chi connectivity index (χ0) is 40.2. The molecule has 0 fully saturated rings. The third-order valence-corrected chi connectivity index (χ3v) is 8.80. The Labute approximate surface area is 311 Å². The number of nitrogens with one attached hydrogen (secondary N) is 2. The van der Waals surface area contributed by atoms with Crippen molar-refractivity contribution < 1.29 is 57.6 Å². The lowest BCUT2D eigenvalue weighted by molar-refractivity contribution is -0.344. The second kappa shape index (κ2) is 27.9. The summed E-state index contributed by atoms with van der Waals surface area (Å²) in [5.74, 6) is -5.92. The molecule has 0 radical (unpaired) electrons. The summed E-state index contributed by atoms with van der Waals surface area (Å²) in [5.41, 5.74) is 0.750. The van der Waals surface area contributed by atoms with E-state index in [1.807, 2.05) is 12.2 Å². The van der Waals surface area contributed by atoms with Gasteiger partial charge in [-0.2, -0.15) is 13.2 Å². The molecule has 14 nitrogen and oxygen atoms in total. The molecule has 53 heavy (non-hydrogen) atoms. The van der Waals surface area contributed by atoms with Crippen LogP contribution in [0, 0.1) is 5.39 Å². The number of carbonyl (C=O) groups is 5. The number of carboxylic acid groups (broad SMARTS) is 3. The molecule has 0 bridgehead atoms. The zero-order valence-corrected chi connectivity index (χ0v) is 30.7. The number of allylic oxidation sites excluding steroid dienone is 3. The van der Waals surface area contributed by atoms with Crippen molar-refractivity contribution in [2.75, 3.05) is 24.2 Å². The molecule has 3 amide bonds. The maximum absolute atomic E-state index is 13.0. The summed E-state index contributed by atoms with van der Waals surface area (Å²) in [4.78, 5) is 61.1. The van der Waals surface area contributed by atoms with Crippen molar-refractivity contribution in [3.05, 3.63) is 53.5 Å². The van der Waals surface area contributed by atoms with Crippen LogP contribution in [0.1, 0.15) is 84.0 Å². The Hall–Kier alpha value is -4.63. The number of unbranched alkanes of at least 4 members (excludes halogenated alkanes) is 8. The number of hydrogen-bond donors (Lipinski definition) is 5. The minimum atomic E-state index is -5.19. The molecule has 1 aromatic rings. The van der Waals surface area contributed by atoms with Crippen molar-refractivity contribution in [1.82, 2.24) is 10.6 Å². The van der Waals surface area contributed by atoms with E-state index < -0.39 is 60.0 Å². The lowest BCUT2D eigenvalue weighted by atomic mass is 10.1. The molecule has 5 N–H and O–H groups in total. The Morgan fingerprint density at radius 1 is 0.962 bits per heavy atom. The van der Waals surface area contributed by atoms with E-state index >= 15 is 0 Å². The van der Waals surface area contributed by atoms with E-state index in [0.29, 0.717) is 11.4 Å². The molecule has 3 atom stereocenters. The number of carbonyl (C=O) groups excluding carboxylic acids is 3. The molecule has 0 saturated carbocycles. The fourth-order valence-electron chi connectivity index (χ4n) is 4.45. The highest BCUT2D eigenvalue weighted by atomic mass is 32.2. The molecule has 0 aliphatic rings. The Bertz CT molecular complexity index is 1370. The molecule has 0 aliphatic heterocycles. The quantitative estimate of drug-likeness (QED) is 0.0498. The summed E-state index contributed by atoms with van der Waals surface area (Å²) in [5, 5.41) is 51.0. The monoisotopic (exact) mass is 773 g/mol. The van der Waals surface area contributed by atoms with Crippen molar-refractivity contribution in [2.45, 2.75) is 108 Å². The highest BCUT2D eigenvalue weighted by Crippen LogP contribution is 2.23. The smallest absolute Gasteiger partial charge is 0.430 e. The van der Waals surface area contributed by atoms with E-state index in [9.17, 15) is 37.5 Å². The molecular weight excluding hydrogens is 723 g/mol. The number of carboxylic acids is 3. The van der Waals surface area contributed by atoms with Crippen LogP contribution in [-0.4, -0.2) is 88.1 Å². The van der Waals surface area contributed by atoms with Crippen molar-refractivity contribution in [2.24, 2.45) is 0 Å². The number of thioether (sulfide) groups is 1. The van der Waals surface area contributed by atoms with Gasteiger partial charge in [0, 0.05) is 42.3 Å². The van der Waals surface area contributed by atoms with E-state index in [4.69, 9.17) is 25.5 Å². The first-order chi connectivity index (χ1) is 25.0. The van der Waals surface area contributed by atoms with E-state index in [2.05, 4.69) is 28.6 Å². The first-order valence-corrected chi connectivity index (χ1v) is 18.2. The van der Waals surface area contributed by atoms with Crippen molar-refractivity contribution in [3.8, 4) is 0 Å². The van der Waals surface area contributed by atoms with Gasteiger partial charge in [-0.25, -0.2) is 4.79 Å². The zero-order valence-electron chi connectivity index (χ0n) is 29.9. The number of alkyl halides is 3. The van der Waals surface area contributed by atoms with E-state index in [1.165, 1.54) is 80.8 Å². The number of aliphatic carboxylic acids is 3. The molecule has 0 spiro atoms. The summed E-state index contributed by atoms with van der Waals surface area (Å²) in [6.45, 7) is 1.57. The van der Waals surface area contributed by atoms with Crippen LogP contribution in [0.4, 0.5) is 29.3 Å². The molecule has 1 rings (SSSR count). The van der Waals surface area contributed by atoms with E-state index in [-0.39, 0.29) is 25.0 Å². The summed E-state index contributed by atoms with van der Waals surface area (Å²) >= 11 is 1.20. The first-order valence-electron chi connectivity index (χ1n) is 17.1. The average molecular weight is 774 g/mol. The van der Waals surface area contributed by atoms with Crippen LogP contribution in [0.2, 0.25) is 0 Å². The fraction of sp³-hybridized carbons (Fsp3) is 0.571. The summed E-state index contributed by atoms with van der Waals surface area (Å²) in [7, 11) is 1.48. The van der Waals surface area contributed by atoms with Crippen LogP contribution >= 0.6 is 11.8 Å². The van der Waals surface area contributed by atoms with Crippen molar-refractivity contribution in [3.63, 3.8) is 0 Å². The van der Waals surface area contributed by atoms with Crippen LogP contribution < -0.4 is 20.6 Å². The van der Waals surface area contributed by atoms with Crippen molar-refractivity contribution in [1.29, 1.82) is 5.39 Å². The predicted octanol–water partition coefficient (Wildman–Crippen LogP) is 5.55. The van der Waals surface area contributed by atoms with Gasteiger partial charge >= 0.3 is 29.8 Å². The number of halogens is 3. The molecule has 0 aromatic heterocycles. The number of diazo groups is 1. The minimum Gasteiger partial charge on any atom is -0.542 e. The molecule has 1 aromatic carbocycles. The molecule has 0 heterocycles. The predicted molar refractivity (Wildman–Crippen MR) is 193 cm³/mol. The largest absolute Gasteiger partial charge is 0.542 e. The van der Waals surface area contributed by atoms with Gasteiger partial charge in [0.2, 0.25) is 11.3 Å². The number of anilines is 1. The summed E-state index contributed by atoms with van der Waals surface area (Å²) < 4.78 is 31.5. The average Bonchev–Trinajstić information content (AvgIpc) is 3.10. The van der Waals surface area contributed by atoms with Gasteiger partial charge in [0.05, 0.1) is 6.10 Å². The van der Waals surface area contributed by atoms with Gasteiger partial charge in [0.1, 0.15) is 18.6 Å². The van der Waals surface area contributed by atoms with Crippen LogP contribution in [0.25, 0.3) is 4.98 Å². The number of rotatable bonds is 24. The summed E-state index contributed by atoms with van der Waals surface area (Å²) in [6, 6.07) is 4.32. The fourth-order valence-corrected chi connectivity index (χ4v) is 5.66. The number of amides is 3. The SMILES string of the molecule is CCCCCCCCCC/C=C/C=C/[C@@H](SC[C@H](NC(=O)N(C)c1ccc([N+]#N)cc1)C(=O)NCC(=O)O)[C@@H](O)CCCC(=O)O.O=C([O-])C(F)(F)F. The second-order valence-corrected chi connectivity index (χ2v) is 13.0. The molecule has 0 saturated heterocycles. The van der Waals surface area contributed by atoms with Crippen LogP contribution in [0.5, 0.6) is 0 Å². The van der Waals surface area contributed by atoms with E-state index in [0.717, 1.165) is 12.8 Å². The van der Waals surface area contributed by atoms with Gasteiger partial charge in [-0.05, 0) is 37.8 Å². The Morgan fingerprint density at radius 2 is 1.55 bits per heavy atom. The standard InChI is InChI=1S/C33H49N5O7S.C2HF3O2/c1-3-4-5-6-7-8-9-10-11-12-13-14-17-29(28(39)16-15-18-30(40)41)46-24-27(32(44)35-23-31(42)43)36-33(45)38(2)26-21-19-25(37-34)20-22-26;3-2(4,5)1(6)7/h12-14,17,19-22,27-29,39H,3-11,15-16,18,23-24H2,1-2H3,(H3-,35,36,40,41,42,43,44,45);(H,6,7)/b13-12+,17-14+;/t27-,28-,29+;/m0./s1. The minimum absolute atomic E-state index is 0.000328. The lowest BCUT2D eigenvalue weighted by Crippen LogP contribution is -2.52. The summed E-state index contributed by atoms with van der Waals surface area (Å²) in [6.07, 6.45) is 12.7. The second-order valence-electron chi connectivity index (χ2n) is 11.8. The van der Waals surface area contributed by atoms with Crippen molar-refractivity contribution >= 4 is 53.0 Å². The highest BCUT2D eigenvalue weighted by molar-refractivity contribution is 8.00. The maximum atomic E-state index is 13.0. The Kier molecular flexibility index (Phi) is 25.5. The number of urea groups is 1. The number of aliphatic hydroxyl groups is 1. The molecular formula is C35H50F3N5O9S. The van der Waals surface area contributed by atoms with Gasteiger partial charge < -0.3 is 35.9 Å². The Balaban J connectivity index is 0.00000348.